The topological polar surface area (TPSA) is 40.5 Å². The fourth-order valence-corrected chi connectivity index (χ4v) is 1.75. The van der Waals surface area contributed by atoms with E-state index in [2.05, 4.69) is 0 Å². The quantitative estimate of drug-likeness (QED) is 0.821. The molecule has 0 heterocycles. The Hall–Kier alpha value is -0.320. The Bertz CT molecular complexity index is 399. The van der Waals surface area contributed by atoms with Gasteiger partial charge in [-0.15, -0.1) is 12.4 Å². The van der Waals surface area contributed by atoms with Gasteiger partial charge in [0.2, 0.25) is 0 Å². The second kappa shape index (κ2) is 8.73. The van der Waals surface area contributed by atoms with Crippen molar-refractivity contribution in [2.75, 3.05) is 26.2 Å². The Kier molecular flexibility index (Phi) is 8.57. The van der Waals surface area contributed by atoms with Gasteiger partial charge in [-0.3, -0.25) is 9.69 Å². The average Bonchev–Trinajstić information content (AvgIpc) is 2.31. The lowest BCUT2D eigenvalue weighted by Crippen LogP contribution is -2.32. The number of carbonyl (C=O) groups excluding carboxylic acids is 1. The minimum Gasteiger partial charge on any atom is -0.395 e. The third kappa shape index (κ3) is 5.12. The zero-order valence-corrected chi connectivity index (χ0v) is 12.4. The average molecular weight is 313 g/mol. The van der Waals surface area contributed by atoms with E-state index in [0.717, 1.165) is 0 Å². The van der Waals surface area contributed by atoms with E-state index in [9.17, 15) is 4.79 Å². The number of hydrogen-bond donors (Lipinski definition) is 1. The third-order valence-electron chi connectivity index (χ3n) is 2.47. The van der Waals surface area contributed by atoms with Crippen LogP contribution < -0.4 is 0 Å². The van der Waals surface area contributed by atoms with Crippen LogP contribution in [0.2, 0.25) is 10.0 Å². The van der Waals surface area contributed by atoms with Crippen LogP contribution in [-0.2, 0) is 0 Å². The fraction of sp³-hybridized carbons (Fsp3) is 0.417. The van der Waals surface area contributed by atoms with Crippen LogP contribution in [-0.4, -0.2) is 42.0 Å². The molecule has 18 heavy (non-hydrogen) atoms. The number of halogens is 3. The summed E-state index contributed by atoms with van der Waals surface area (Å²) < 4.78 is 0. The van der Waals surface area contributed by atoms with E-state index in [0.29, 0.717) is 28.7 Å². The zero-order chi connectivity index (χ0) is 12.8. The van der Waals surface area contributed by atoms with Crippen LogP contribution in [0.4, 0.5) is 0 Å². The number of rotatable bonds is 6. The Morgan fingerprint density at radius 1 is 1.33 bits per heavy atom. The summed E-state index contributed by atoms with van der Waals surface area (Å²) >= 11 is 11.6. The molecule has 1 N–H and O–H groups in total. The molecule has 0 amide bonds. The summed E-state index contributed by atoms with van der Waals surface area (Å²) in [6.45, 7) is 3.46. The van der Waals surface area contributed by atoms with Crippen LogP contribution in [0.25, 0.3) is 0 Å². The lowest BCUT2D eigenvalue weighted by Gasteiger charge is -2.18. The van der Waals surface area contributed by atoms with Crippen LogP contribution in [0.1, 0.15) is 17.3 Å². The maximum atomic E-state index is 11.9. The minimum atomic E-state index is -0.0288. The van der Waals surface area contributed by atoms with Crippen molar-refractivity contribution in [1.29, 1.82) is 0 Å². The van der Waals surface area contributed by atoms with Crippen molar-refractivity contribution in [2.45, 2.75) is 6.92 Å². The molecule has 0 spiro atoms. The molecule has 1 aromatic rings. The van der Waals surface area contributed by atoms with Crippen molar-refractivity contribution in [3.05, 3.63) is 33.8 Å². The molecule has 0 aliphatic carbocycles. The van der Waals surface area contributed by atoms with Gasteiger partial charge in [0.1, 0.15) is 0 Å². The molecule has 0 aliphatic heterocycles. The van der Waals surface area contributed by atoms with Crippen LogP contribution in [0.3, 0.4) is 0 Å². The van der Waals surface area contributed by atoms with Crippen LogP contribution in [0, 0.1) is 0 Å². The van der Waals surface area contributed by atoms with Crippen LogP contribution in [0.5, 0.6) is 0 Å². The van der Waals surface area contributed by atoms with Crippen LogP contribution in [0.15, 0.2) is 18.2 Å². The Balaban J connectivity index is 0.00000289. The maximum Gasteiger partial charge on any atom is 0.176 e. The molecule has 1 aromatic carbocycles. The number of nitrogens with zero attached hydrogens (tertiary/aromatic N) is 1. The summed E-state index contributed by atoms with van der Waals surface area (Å²) in [4.78, 5) is 13.8. The van der Waals surface area contributed by atoms with Gasteiger partial charge >= 0.3 is 0 Å². The first-order chi connectivity index (χ1) is 8.08. The molecule has 0 aromatic heterocycles. The van der Waals surface area contributed by atoms with Gasteiger partial charge in [-0.05, 0) is 24.7 Å². The largest absolute Gasteiger partial charge is 0.395 e. The zero-order valence-electron chi connectivity index (χ0n) is 10.0. The maximum absolute atomic E-state index is 11.9. The van der Waals surface area contributed by atoms with Gasteiger partial charge in [-0.25, -0.2) is 0 Å². The van der Waals surface area contributed by atoms with Gasteiger partial charge in [-0.1, -0.05) is 30.1 Å². The molecule has 1 rings (SSSR count). The van der Waals surface area contributed by atoms with E-state index in [4.69, 9.17) is 28.3 Å². The normalized spacial score (nSPS) is 10.3. The molecule has 3 nitrogen and oxygen atoms in total. The molecular weight excluding hydrogens is 296 g/mol. The molecule has 0 radical (unpaired) electrons. The summed E-state index contributed by atoms with van der Waals surface area (Å²) in [6.07, 6.45) is 0. The van der Waals surface area contributed by atoms with Gasteiger partial charge in [-0.2, -0.15) is 0 Å². The molecular formula is C12H16Cl3NO2. The van der Waals surface area contributed by atoms with Gasteiger partial charge < -0.3 is 5.11 Å². The first kappa shape index (κ1) is 17.7. The Labute approximate surface area is 123 Å². The number of carbonyl (C=O) groups is 1. The minimum absolute atomic E-state index is 0. The molecule has 0 fully saturated rings. The number of hydrogen-bond acceptors (Lipinski definition) is 3. The summed E-state index contributed by atoms with van der Waals surface area (Å²) in [7, 11) is 0. The highest BCUT2D eigenvalue weighted by molar-refractivity contribution is 6.42. The fourth-order valence-electron chi connectivity index (χ4n) is 1.45. The number of ketones is 1. The van der Waals surface area contributed by atoms with Gasteiger partial charge in [0, 0.05) is 12.1 Å². The number of benzene rings is 1. The third-order valence-corrected chi connectivity index (χ3v) is 3.21. The monoisotopic (exact) mass is 311 g/mol. The van der Waals surface area contributed by atoms with Crippen molar-refractivity contribution in [2.24, 2.45) is 0 Å². The van der Waals surface area contributed by atoms with Gasteiger partial charge in [0.25, 0.3) is 0 Å². The molecule has 6 heteroatoms. The van der Waals surface area contributed by atoms with Crippen LogP contribution >= 0.6 is 35.6 Å². The second-order valence-corrected chi connectivity index (χ2v) is 4.46. The number of aliphatic hydroxyl groups excluding tert-OH is 1. The van der Waals surface area contributed by atoms with Gasteiger partial charge in [0.15, 0.2) is 5.78 Å². The van der Waals surface area contributed by atoms with Crippen molar-refractivity contribution in [1.82, 2.24) is 4.90 Å². The predicted octanol–water partition coefficient (Wildman–Crippen LogP) is 2.91. The Morgan fingerprint density at radius 2 is 2.00 bits per heavy atom. The molecule has 102 valence electrons. The molecule has 0 saturated carbocycles. The number of likely N-dealkylation sites (N-methyl/N-ethyl adjacent to an activating group) is 1. The Morgan fingerprint density at radius 3 is 2.50 bits per heavy atom. The molecule has 0 bridgehead atoms. The van der Waals surface area contributed by atoms with Crippen molar-refractivity contribution >= 4 is 41.4 Å². The highest BCUT2D eigenvalue weighted by atomic mass is 35.5. The van der Waals surface area contributed by atoms with E-state index < -0.39 is 0 Å². The first-order valence-corrected chi connectivity index (χ1v) is 6.15. The lowest BCUT2D eigenvalue weighted by atomic mass is 10.1. The summed E-state index contributed by atoms with van der Waals surface area (Å²) in [6, 6.07) is 4.84. The van der Waals surface area contributed by atoms with Crippen molar-refractivity contribution in [3.63, 3.8) is 0 Å². The molecule has 0 saturated heterocycles. The summed E-state index contributed by atoms with van der Waals surface area (Å²) in [5, 5.41) is 9.65. The van der Waals surface area contributed by atoms with Crippen molar-refractivity contribution < 1.29 is 9.90 Å². The van der Waals surface area contributed by atoms with Gasteiger partial charge in [0.05, 0.1) is 23.2 Å². The standard InChI is InChI=1S/C12H15Cl2NO2.ClH/c1-2-15(5-6-16)8-12(17)9-3-4-10(13)11(14)7-9;/h3-4,7,16H,2,5-6,8H2,1H3;1H. The molecule has 0 unspecified atom stereocenters. The lowest BCUT2D eigenvalue weighted by molar-refractivity contribution is 0.0919. The number of Topliss-reactive ketones (excluding diaryl/α,β-unsaturated/α-hetero) is 1. The second-order valence-electron chi connectivity index (χ2n) is 3.64. The molecule has 0 atom stereocenters. The highest BCUT2D eigenvalue weighted by Gasteiger charge is 2.12. The van der Waals surface area contributed by atoms with E-state index in [-0.39, 0.29) is 31.3 Å². The summed E-state index contributed by atoms with van der Waals surface area (Å²) in [5.74, 6) is -0.0288. The first-order valence-electron chi connectivity index (χ1n) is 5.40. The number of aliphatic hydroxyl groups is 1. The van der Waals surface area contributed by atoms with Crippen molar-refractivity contribution in [3.8, 4) is 0 Å². The molecule has 0 aliphatic rings. The van der Waals surface area contributed by atoms with E-state index in [1.165, 1.54) is 0 Å². The van der Waals surface area contributed by atoms with E-state index in [1.807, 2.05) is 11.8 Å². The predicted molar refractivity (Wildman–Crippen MR) is 77.2 cm³/mol. The SMILES string of the molecule is CCN(CCO)CC(=O)c1ccc(Cl)c(Cl)c1.Cl. The summed E-state index contributed by atoms with van der Waals surface area (Å²) in [5.41, 5.74) is 0.538. The highest BCUT2D eigenvalue weighted by Crippen LogP contribution is 2.22. The smallest absolute Gasteiger partial charge is 0.176 e. The van der Waals surface area contributed by atoms with E-state index >= 15 is 0 Å². The van der Waals surface area contributed by atoms with E-state index in [1.54, 1.807) is 18.2 Å².